The van der Waals surface area contributed by atoms with Crippen LogP contribution in [0, 0.1) is 5.41 Å². The van der Waals surface area contributed by atoms with Crippen molar-refractivity contribution in [1.82, 2.24) is 9.80 Å². The van der Waals surface area contributed by atoms with Crippen molar-refractivity contribution in [3.05, 3.63) is 0 Å². The number of carboxylic acids is 1. The highest BCUT2D eigenvalue weighted by molar-refractivity contribution is 5.73. The predicted octanol–water partition coefficient (Wildman–Crippen LogP) is 0.486. The number of carboxylic acid groups (broad SMARTS) is 1. The molecule has 106 valence electrons. The third-order valence-electron chi connectivity index (χ3n) is 3.27. The molecule has 18 heavy (non-hydrogen) atoms. The maximum Gasteiger partial charge on any atom is 0.310 e. The average molecular weight is 258 g/mol. The van der Waals surface area contributed by atoms with Gasteiger partial charge in [-0.1, -0.05) is 0 Å². The van der Waals surface area contributed by atoms with Crippen LogP contribution >= 0.6 is 0 Å². The van der Waals surface area contributed by atoms with Gasteiger partial charge in [-0.3, -0.25) is 14.6 Å². The zero-order chi connectivity index (χ0) is 14.0. The van der Waals surface area contributed by atoms with Gasteiger partial charge in [0.25, 0.3) is 0 Å². The summed E-state index contributed by atoms with van der Waals surface area (Å²) in [5.74, 6) is -0.749. The van der Waals surface area contributed by atoms with Crippen LogP contribution < -0.4 is 0 Å². The standard InChI is InChI=1S/C13H26N2O3/c1-12(2,11(16)17)9-14-5-7-15(8-6-14)10-13(3,4)18/h18H,5-10H2,1-4H3,(H,16,17). The minimum atomic E-state index is -0.749. The first-order valence-corrected chi connectivity index (χ1v) is 6.51. The summed E-state index contributed by atoms with van der Waals surface area (Å²) < 4.78 is 0. The van der Waals surface area contributed by atoms with E-state index in [0.717, 1.165) is 26.2 Å². The van der Waals surface area contributed by atoms with Gasteiger partial charge < -0.3 is 10.2 Å². The van der Waals surface area contributed by atoms with Gasteiger partial charge in [-0.15, -0.1) is 0 Å². The highest BCUT2D eigenvalue weighted by Gasteiger charge is 2.31. The minimum Gasteiger partial charge on any atom is -0.481 e. The fraction of sp³-hybridized carbons (Fsp3) is 0.923. The Bertz CT molecular complexity index is 289. The van der Waals surface area contributed by atoms with E-state index in [1.165, 1.54) is 0 Å². The number of hydrogen-bond acceptors (Lipinski definition) is 4. The first-order valence-electron chi connectivity index (χ1n) is 6.51. The van der Waals surface area contributed by atoms with Crippen LogP contribution in [-0.4, -0.2) is 70.9 Å². The highest BCUT2D eigenvalue weighted by atomic mass is 16.4. The van der Waals surface area contributed by atoms with E-state index in [4.69, 9.17) is 5.11 Å². The van der Waals surface area contributed by atoms with Crippen molar-refractivity contribution in [2.75, 3.05) is 39.3 Å². The summed E-state index contributed by atoms with van der Waals surface area (Å²) >= 11 is 0. The van der Waals surface area contributed by atoms with Crippen molar-refractivity contribution < 1.29 is 15.0 Å². The first-order chi connectivity index (χ1) is 8.10. The Morgan fingerprint density at radius 3 is 1.72 bits per heavy atom. The van der Waals surface area contributed by atoms with E-state index in [1.54, 1.807) is 13.8 Å². The van der Waals surface area contributed by atoms with E-state index in [9.17, 15) is 9.90 Å². The summed E-state index contributed by atoms with van der Waals surface area (Å²) in [6.45, 7) is 11.9. The molecule has 0 aromatic carbocycles. The molecule has 5 nitrogen and oxygen atoms in total. The molecule has 0 saturated carbocycles. The van der Waals surface area contributed by atoms with Gasteiger partial charge in [0.1, 0.15) is 0 Å². The van der Waals surface area contributed by atoms with Crippen LogP contribution in [0.25, 0.3) is 0 Å². The van der Waals surface area contributed by atoms with Crippen molar-refractivity contribution in [2.45, 2.75) is 33.3 Å². The number of piperazine rings is 1. The van der Waals surface area contributed by atoms with E-state index in [0.29, 0.717) is 13.1 Å². The van der Waals surface area contributed by atoms with Crippen LogP contribution in [0.15, 0.2) is 0 Å². The van der Waals surface area contributed by atoms with Gasteiger partial charge in [0, 0.05) is 39.3 Å². The molecule has 2 N–H and O–H groups in total. The second-order valence-electron chi connectivity index (χ2n) is 6.55. The molecule has 0 aliphatic carbocycles. The normalized spacial score (nSPS) is 20.1. The Kier molecular flexibility index (Phi) is 4.75. The second kappa shape index (κ2) is 5.55. The molecule has 0 atom stereocenters. The number of carbonyl (C=O) groups is 1. The number of nitrogens with zero attached hydrogens (tertiary/aromatic N) is 2. The second-order valence-corrected chi connectivity index (χ2v) is 6.55. The lowest BCUT2D eigenvalue weighted by Crippen LogP contribution is -2.52. The van der Waals surface area contributed by atoms with Crippen molar-refractivity contribution in [2.24, 2.45) is 5.41 Å². The van der Waals surface area contributed by atoms with Gasteiger partial charge in [-0.25, -0.2) is 0 Å². The maximum absolute atomic E-state index is 11.1. The molecule has 0 radical (unpaired) electrons. The summed E-state index contributed by atoms with van der Waals surface area (Å²) in [5.41, 5.74) is -1.36. The summed E-state index contributed by atoms with van der Waals surface area (Å²) in [7, 11) is 0. The SMILES string of the molecule is CC(C)(O)CN1CCN(CC(C)(C)C(=O)O)CC1. The van der Waals surface area contributed by atoms with E-state index in [2.05, 4.69) is 9.80 Å². The summed E-state index contributed by atoms with van der Waals surface area (Å²) in [5, 5.41) is 18.9. The number of rotatable bonds is 5. The number of β-amino-alcohol motifs (C(OH)–C–C–N with tert-alkyl or cyclic N) is 1. The molecule has 1 heterocycles. The highest BCUT2D eigenvalue weighted by Crippen LogP contribution is 2.18. The van der Waals surface area contributed by atoms with Crippen LogP contribution in [0.3, 0.4) is 0 Å². The van der Waals surface area contributed by atoms with E-state index < -0.39 is 17.0 Å². The predicted molar refractivity (Wildman–Crippen MR) is 70.6 cm³/mol. The van der Waals surface area contributed by atoms with Crippen molar-refractivity contribution in [3.8, 4) is 0 Å². The Hall–Kier alpha value is -0.650. The molecule has 0 amide bonds. The molecular formula is C13H26N2O3. The molecule has 0 aromatic heterocycles. The Morgan fingerprint density at radius 2 is 1.39 bits per heavy atom. The first kappa shape index (κ1) is 15.4. The lowest BCUT2D eigenvalue weighted by atomic mass is 9.93. The van der Waals surface area contributed by atoms with E-state index in [-0.39, 0.29) is 0 Å². The van der Waals surface area contributed by atoms with Crippen molar-refractivity contribution >= 4 is 5.97 Å². The molecule has 1 aliphatic rings. The Balaban J connectivity index is 2.38. The summed E-state index contributed by atoms with van der Waals surface area (Å²) in [4.78, 5) is 15.5. The number of aliphatic carboxylic acids is 1. The minimum absolute atomic E-state index is 0.582. The van der Waals surface area contributed by atoms with Gasteiger partial charge in [0.15, 0.2) is 0 Å². The van der Waals surface area contributed by atoms with Crippen LogP contribution in [0.4, 0.5) is 0 Å². The van der Waals surface area contributed by atoms with Gasteiger partial charge in [0.2, 0.25) is 0 Å². The fourth-order valence-corrected chi connectivity index (χ4v) is 2.28. The molecular weight excluding hydrogens is 232 g/mol. The number of hydrogen-bond donors (Lipinski definition) is 2. The summed E-state index contributed by atoms with van der Waals surface area (Å²) in [6, 6.07) is 0. The maximum atomic E-state index is 11.1. The summed E-state index contributed by atoms with van der Waals surface area (Å²) in [6.07, 6.45) is 0. The van der Waals surface area contributed by atoms with Crippen LogP contribution in [0.5, 0.6) is 0 Å². The Morgan fingerprint density at radius 1 is 1.00 bits per heavy atom. The van der Waals surface area contributed by atoms with E-state index in [1.807, 2.05) is 13.8 Å². The fourth-order valence-electron chi connectivity index (χ4n) is 2.28. The molecule has 5 heteroatoms. The zero-order valence-corrected chi connectivity index (χ0v) is 11.9. The van der Waals surface area contributed by atoms with Crippen LogP contribution in [-0.2, 0) is 4.79 Å². The molecule has 0 bridgehead atoms. The lowest BCUT2D eigenvalue weighted by Gasteiger charge is -2.39. The molecule has 0 unspecified atom stereocenters. The van der Waals surface area contributed by atoms with Gasteiger partial charge in [-0.05, 0) is 27.7 Å². The average Bonchev–Trinajstić information content (AvgIpc) is 2.18. The van der Waals surface area contributed by atoms with E-state index >= 15 is 0 Å². The topological polar surface area (TPSA) is 64.0 Å². The van der Waals surface area contributed by atoms with Gasteiger partial charge in [0.05, 0.1) is 11.0 Å². The Labute approximate surface area is 109 Å². The number of aliphatic hydroxyl groups is 1. The van der Waals surface area contributed by atoms with Crippen LogP contribution in [0.2, 0.25) is 0 Å². The molecule has 1 aliphatic heterocycles. The smallest absolute Gasteiger partial charge is 0.310 e. The third kappa shape index (κ3) is 4.92. The third-order valence-corrected chi connectivity index (χ3v) is 3.27. The molecule has 0 spiro atoms. The zero-order valence-electron chi connectivity index (χ0n) is 11.9. The molecule has 0 aromatic rings. The van der Waals surface area contributed by atoms with Gasteiger partial charge in [-0.2, -0.15) is 0 Å². The molecule has 1 saturated heterocycles. The molecule has 1 rings (SSSR count). The molecule has 1 fully saturated rings. The largest absolute Gasteiger partial charge is 0.481 e. The van der Waals surface area contributed by atoms with Crippen molar-refractivity contribution in [3.63, 3.8) is 0 Å². The van der Waals surface area contributed by atoms with Crippen LogP contribution in [0.1, 0.15) is 27.7 Å². The van der Waals surface area contributed by atoms with Gasteiger partial charge >= 0.3 is 5.97 Å². The monoisotopic (exact) mass is 258 g/mol. The lowest BCUT2D eigenvalue weighted by molar-refractivity contribution is -0.148. The van der Waals surface area contributed by atoms with Crippen molar-refractivity contribution in [1.29, 1.82) is 0 Å². The quantitative estimate of drug-likeness (QED) is 0.751.